The van der Waals surface area contributed by atoms with Crippen LogP contribution in [0.5, 0.6) is 5.75 Å². The number of rotatable bonds is 7. The fraction of sp³-hybridized carbons (Fsp3) is 0.188. The van der Waals surface area contributed by atoms with Gasteiger partial charge in [-0.15, -0.1) is 0 Å². The molecule has 0 bridgehead atoms. The third kappa shape index (κ3) is 4.70. The second-order valence-corrected chi connectivity index (χ2v) is 10.2. The Bertz CT molecular complexity index is 1770. The molecule has 2 amide bonds. The van der Waals surface area contributed by atoms with Crippen LogP contribution in [0.4, 0.5) is 14.9 Å². The van der Waals surface area contributed by atoms with Crippen LogP contribution in [0.25, 0.3) is 16.8 Å². The van der Waals surface area contributed by atoms with Gasteiger partial charge in [0, 0.05) is 36.5 Å². The Morgan fingerprint density at radius 2 is 1.86 bits per heavy atom. The van der Waals surface area contributed by atoms with Crippen molar-refractivity contribution in [2.45, 2.75) is 24.8 Å². The van der Waals surface area contributed by atoms with Crippen LogP contribution in [-0.2, 0) is 12.0 Å². The van der Waals surface area contributed by atoms with E-state index in [4.69, 9.17) is 9.72 Å². The van der Waals surface area contributed by atoms with Crippen LogP contribution in [0.15, 0.2) is 91.4 Å². The van der Waals surface area contributed by atoms with Crippen molar-refractivity contribution in [2.24, 2.45) is 0 Å². The maximum Gasteiger partial charge on any atom is 0.408 e. The number of carboxylic acid groups (broad SMARTS) is 1. The lowest BCUT2D eigenvalue weighted by Crippen LogP contribution is -2.47. The van der Waals surface area contributed by atoms with E-state index in [0.717, 1.165) is 11.1 Å². The van der Waals surface area contributed by atoms with E-state index in [1.54, 1.807) is 48.9 Å². The van der Waals surface area contributed by atoms with E-state index in [-0.39, 0.29) is 11.4 Å². The van der Waals surface area contributed by atoms with E-state index in [0.29, 0.717) is 48.4 Å². The number of methoxy groups -OCH3 is 1. The van der Waals surface area contributed by atoms with E-state index >= 15 is 0 Å². The molecule has 42 heavy (non-hydrogen) atoms. The first-order valence-electron chi connectivity index (χ1n) is 13.5. The molecule has 0 aliphatic carbocycles. The molecule has 0 spiro atoms. The molecule has 1 aliphatic heterocycles. The standard InChI is InChI=1S/C32H28FN5O4/c1-42-26-10-5-9-24(27(26)33)35-29(39)23-13-11-22(12-14-23)28-25-20-34-16-18-37(25)30(36-28)32(15-6-17-38(32)31(40)41)19-21-7-3-2-4-8-21/h2-5,7-14,16,18,20H,6,15,17,19H2,1H3,(H,35,39)(H,40,41)/t32-/m0/s1. The molecule has 3 aromatic carbocycles. The third-order valence-corrected chi connectivity index (χ3v) is 7.77. The van der Waals surface area contributed by atoms with Gasteiger partial charge in [0.25, 0.3) is 5.91 Å². The van der Waals surface area contributed by atoms with Crippen LogP contribution in [0.2, 0.25) is 0 Å². The molecule has 0 saturated carbocycles. The number of anilines is 1. The second kappa shape index (κ2) is 11.0. The van der Waals surface area contributed by atoms with E-state index < -0.39 is 23.4 Å². The average molecular weight is 566 g/mol. The largest absolute Gasteiger partial charge is 0.494 e. The molecule has 6 rings (SSSR count). The molecule has 9 nitrogen and oxygen atoms in total. The number of nitrogens with one attached hydrogen (secondary N) is 1. The van der Waals surface area contributed by atoms with Crippen molar-refractivity contribution in [2.75, 3.05) is 19.0 Å². The molecular formula is C32H28FN5O4. The van der Waals surface area contributed by atoms with Crippen LogP contribution in [0, 0.1) is 5.82 Å². The number of halogens is 1. The maximum absolute atomic E-state index is 14.6. The quantitative estimate of drug-likeness (QED) is 0.250. The summed E-state index contributed by atoms with van der Waals surface area (Å²) in [6.07, 6.45) is 5.98. The van der Waals surface area contributed by atoms with Gasteiger partial charge in [-0.1, -0.05) is 48.5 Å². The van der Waals surface area contributed by atoms with Crippen molar-refractivity contribution in [1.82, 2.24) is 19.3 Å². The summed E-state index contributed by atoms with van der Waals surface area (Å²) in [6, 6.07) is 21.2. The summed E-state index contributed by atoms with van der Waals surface area (Å²) in [7, 11) is 1.36. The summed E-state index contributed by atoms with van der Waals surface area (Å²) in [4.78, 5) is 36.3. The number of carbonyl (C=O) groups excluding carboxylic acids is 1. The minimum Gasteiger partial charge on any atom is -0.494 e. The molecule has 0 unspecified atom stereocenters. The van der Waals surface area contributed by atoms with Crippen LogP contribution >= 0.6 is 0 Å². The number of likely N-dealkylation sites (tertiary alicyclic amines) is 1. The van der Waals surface area contributed by atoms with Crippen molar-refractivity contribution in [3.05, 3.63) is 114 Å². The summed E-state index contributed by atoms with van der Waals surface area (Å²) in [5, 5.41) is 12.8. The van der Waals surface area contributed by atoms with Crippen molar-refractivity contribution in [3.8, 4) is 17.0 Å². The Hall–Kier alpha value is -5.25. The number of hydrogen-bond donors (Lipinski definition) is 2. The van der Waals surface area contributed by atoms with Gasteiger partial charge >= 0.3 is 6.09 Å². The van der Waals surface area contributed by atoms with Crippen molar-refractivity contribution in [1.29, 1.82) is 0 Å². The molecule has 1 saturated heterocycles. The van der Waals surface area contributed by atoms with Gasteiger partial charge < -0.3 is 15.2 Å². The Morgan fingerprint density at radius 1 is 1.07 bits per heavy atom. The molecule has 2 N–H and O–H groups in total. The highest BCUT2D eigenvalue weighted by Crippen LogP contribution is 2.43. The minimum absolute atomic E-state index is 0.0162. The zero-order valence-electron chi connectivity index (χ0n) is 22.8. The number of amides is 2. The van der Waals surface area contributed by atoms with Crippen molar-refractivity contribution >= 4 is 23.2 Å². The van der Waals surface area contributed by atoms with Gasteiger partial charge in [-0.2, -0.15) is 0 Å². The number of nitrogens with zero attached hydrogens (tertiary/aromatic N) is 4. The predicted molar refractivity (Wildman–Crippen MR) is 155 cm³/mol. The maximum atomic E-state index is 14.6. The summed E-state index contributed by atoms with van der Waals surface area (Å²) in [5.74, 6) is -0.473. The molecule has 1 fully saturated rings. The Labute approximate surface area is 241 Å². The van der Waals surface area contributed by atoms with Crippen LogP contribution in [0.3, 0.4) is 0 Å². The summed E-state index contributed by atoms with van der Waals surface area (Å²) in [6.45, 7) is 0.412. The van der Waals surface area contributed by atoms with E-state index in [9.17, 15) is 19.1 Å². The van der Waals surface area contributed by atoms with E-state index in [2.05, 4.69) is 10.3 Å². The Balaban J connectivity index is 1.38. The highest BCUT2D eigenvalue weighted by Gasteiger charge is 2.48. The lowest BCUT2D eigenvalue weighted by molar-refractivity contribution is 0.0955. The van der Waals surface area contributed by atoms with E-state index in [1.807, 2.05) is 34.7 Å². The molecule has 1 atom stereocenters. The predicted octanol–water partition coefficient (Wildman–Crippen LogP) is 6.01. The number of imidazole rings is 1. The first-order valence-corrected chi connectivity index (χ1v) is 13.5. The molecular weight excluding hydrogens is 537 g/mol. The number of carbonyl (C=O) groups is 2. The molecule has 10 heteroatoms. The van der Waals surface area contributed by atoms with Gasteiger partial charge in [0.05, 0.1) is 30.2 Å². The summed E-state index contributed by atoms with van der Waals surface area (Å²) in [5.41, 5.74) is 2.54. The lowest BCUT2D eigenvalue weighted by Gasteiger charge is -2.36. The van der Waals surface area contributed by atoms with Gasteiger partial charge in [-0.25, -0.2) is 14.2 Å². The molecule has 3 heterocycles. The SMILES string of the molecule is COc1cccc(NC(=O)c2ccc(-c3nc([C@@]4(Cc5ccccc5)CCCN4C(=O)O)n4ccncc34)cc2)c1F. The Morgan fingerprint density at radius 3 is 2.60 bits per heavy atom. The number of fused-ring (bicyclic) bond motifs is 1. The molecule has 1 aliphatic rings. The van der Waals surface area contributed by atoms with Crippen molar-refractivity contribution < 1.29 is 23.8 Å². The average Bonchev–Trinajstić information content (AvgIpc) is 3.62. The summed E-state index contributed by atoms with van der Waals surface area (Å²) < 4.78 is 21.5. The lowest BCUT2D eigenvalue weighted by atomic mass is 9.87. The third-order valence-electron chi connectivity index (χ3n) is 7.77. The smallest absolute Gasteiger partial charge is 0.408 e. The van der Waals surface area contributed by atoms with Gasteiger partial charge in [0.15, 0.2) is 11.6 Å². The van der Waals surface area contributed by atoms with Crippen LogP contribution < -0.4 is 10.1 Å². The zero-order valence-corrected chi connectivity index (χ0v) is 22.8. The van der Waals surface area contributed by atoms with Gasteiger partial charge in [-0.05, 0) is 42.7 Å². The second-order valence-electron chi connectivity index (χ2n) is 10.2. The highest BCUT2D eigenvalue weighted by atomic mass is 19.1. The van der Waals surface area contributed by atoms with Gasteiger partial charge in [-0.3, -0.25) is 19.1 Å². The first-order chi connectivity index (χ1) is 20.4. The monoisotopic (exact) mass is 565 g/mol. The molecule has 212 valence electrons. The molecule has 0 radical (unpaired) electrons. The fourth-order valence-electron chi connectivity index (χ4n) is 5.80. The van der Waals surface area contributed by atoms with Gasteiger partial charge in [0.1, 0.15) is 11.4 Å². The number of hydrogen-bond acceptors (Lipinski definition) is 5. The van der Waals surface area contributed by atoms with Crippen LogP contribution in [-0.4, -0.2) is 50.0 Å². The first kappa shape index (κ1) is 26.9. The van der Waals surface area contributed by atoms with Crippen LogP contribution in [0.1, 0.15) is 34.6 Å². The number of benzene rings is 3. The van der Waals surface area contributed by atoms with E-state index in [1.165, 1.54) is 24.1 Å². The zero-order chi connectivity index (χ0) is 29.3. The summed E-state index contributed by atoms with van der Waals surface area (Å²) >= 11 is 0. The minimum atomic E-state index is -0.987. The fourth-order valence-corrected chi connectivity index (χ4v) is 5.80. The normalized spacial score (nSPS) is 16.5. The van der Waals surface area contributed by atoms with Crippen molar-refractivity contribution in [3.63, 3.8) is 0 Å². The van der Waals surface area contributed by atoms with Gasteiger partial charge in [0.2, 0.25) is 0 Å². The topological polar surface area (TPSA) is 109 Å². The number of aromatic nitrogens is 3. The highest BCUT2D eigenvalue weighted by molar-refractivity contribution is 6.04. The molecule has 2 aromatic heterocycles. The number of ether oxygens (including phenoxy) is 1. The molecule has 5 aromatic rings. The Kier molecular flexibility index (Phi) is 7.03.